The van der Waals surface area contributed by atoms with Crippen LogP contribution in [0.3, 0.4) is 0 Å². The first-order chi connectivity index (χ1) is 14.9. The molecule has 0 radical (unpaired) electrons. The number of fused-ring (bicyclic) bond motifs is 1. The van der Waals surface area contributed by atoms with Gasteiger partial charge in [-0.1, -0.05) is 12.1 Å². The number of rotatable bonds is 6. The van der Waals surface area contributed by atoms with E-state index >= 15 is 0 Å². The first kappa shape index (κ1) is 20.2. The van der Waals surface area contributed by atoms with Gasteiger partial charge in [0, 0.05) is 42.6 Å². The highest BCUT2D eigenvalue weighted by Gasteiger charge is 2.15. The Balaban J connectivity index is 1.47. The van der Waals surface area contributed by atoms with Crippen molar-refractivity contribution in [1.82, 2.24) is 9.97 Å². The van der Waals surface area contributed by atoms with Gasteiger partial charge < -0.3 is 24.7 Å². The van der Waals surface area contributed by atoms with Crippen LogP contribution in [0, 0.1) is 6.92 Å². The predicted molar refractivity (Wildman–Crippen MR) is 122 cm³/mol. The molecule has 0 bridgehead atoms. The first-order valence-corrected chi connectivity index (χ1v) is 9.71. The van der Waals surface area contributed by atoms with Crippen LogP contribution in [-0.2, 0) is 0 Å². The van der Waals surface area contributed by atoms with E-state index in [2.05, 4.69) is 20.6 Å². The van der Waals surface area contributed by atoms with Crippen LogP contribution in [0.1, 0.15) is 16.2 Å². The number of benzene rings is 2. The van der Waals surface area contributed by atoms with E-state index in [1.54, 1.807) is 31.4 Å². The topological polar surface area (TPSA) is 92.5 Å². The zero-order chi connectivity index (χ0) is 22.0. The molecule has 0 spiro atoms. The maximum atomic E-state index is 12.6. The normalized spacial score (nSPS) is 10.7. The molecule has 8 nitrogen and oxygen atoms in total. The highest BCUT2D eigenvalue weighted by Crippen LogP contribution is 2.29. The van der Waals surface area contributed by atoms with Crippen molar-refractivity contribution in [1.29, 1.82) is 0 Å². The van der Waals surface area contributed by atoms with Gasteiger partial charge in [0.2, 0.25) is 5.95 Å². The number of aryl methyl sites for hydroxylation is 1. The minimum Gasteiger partial charge on any atom is -0.493 e. The van der Waals surface area contributed by atoms with E-state index in [9.17, 15) is 4.79 Å². The van der Waals surface area contributed by atoms with E-state index in [0.29, 0.717) is 23.0 Å². The molecule has 2 aromatic heterocycles. The molecule has 31 heavy (non-hydrogen) atoms. The Morgan fingerprint density at radius 3 is 2.48 bits per heavy atom. The number of hydrogen-bond donors (Lipinski definition) is 2. The number of anilines is 4. The van der Waals surface area contributed by atoms with Crippen molar-refractivity contribution in [3.8, 4) is 5.75 Å². The summed E-state index contributed by atoms with van der Waals surface area (Å²) in [4.78, 5) is 23.4. The Morgan fingerprint density at radius 2 is 1.77 bits per heavy atom. The standard InChI is InChI=1S/C23H23N5O3/c1-14-12-20(28(2)3)27-23(24-14)26-17-10-8-16(9-11-17)25-22(29)19-13-15-6-5-7-18(30-4)21(15)31-19/h5-13H,1-4H3,(H,25,29)(H,24,26,27). The average Bonchev–Trinajstić information content (AvgIpc) is 3.19. The van der Waals surface area contributed by atoms with Gasteiger partial charge in [-0.15, -0.1) is 0 Å². The Hall–Kier alpha value is -4.07. The van der Waals surface area contributed by atoms with Crippen molar-refractivity contribution in [2.45, 2.75) is 6.92 Å². The summed E-state index contributed by atoms with van der Waals surface area (Å²) in [6.07, 6.45) is 0. The van der Waals surface area contributed by atoms with Crippen LogP contribution < -0.4 is 20.3 Å². The number of carbonyl (C=O) groups is 1. The molecular formula is C23H23N5O3. The van der Waals surface area contributed by atoms with E-state index in [1.165, 1.54) is 0 Å². The molecule has 2 heterocycles. The maximum Gasteiger partial charge on any atom is 0.291 e. The summed E-state index contributed by atoms with van der Waals surface area (Å²) in [5.74, 6) is 1.79. The van der Waals surface area contributed by atoms with Gasteiger partial charge in [-0.05, 0) is 43.3 Å². The number of hydrogen-bond acceptors (Lipinski definition) is 7. The van der Waals surface area contributed by atoms with Crippen LogP contribution >= 0.6 is 0 Å². The molecule has 0 unspecified atom stereocenters. The van der Waals surface area contributed by atoms with Gasteiger partial charge in [0.05, 0.1) is 7.11 Å². The average molecular weight is 417 g/mol. The van der Waals surface area contributed by atoms with Gasteiger partial charge in [-0.3, -0.25) is 4.79 Å². The molecule has 0 fully saturated rings. The van der Waals surface area contributed by atoms with Crippen LogP contribution in [0.4, 0.5) is 23.1 Å². The van der Waals surface area contributed by atoms with Crippen molar-refractivity contribution in [2.75, 3.05) is 36.7 Å². The summed E-state index contributed by atoms with van der Waals surface area (Å²) < 4.78 is 11.0. The van der Waals surface area contributed by atoms with Gasteiger partial charge in [0.25, 0.3) is 5.91 Å². The molecule has 0 saturated carbocycles. The fraction of sp³-hybridized carbons (Fsp3) is 0.174. The monoisotopic (exact) mass is 417 g/mol. The Bertz CT molecular complexity index is 1230. The summed E-state index contributed by atoms with van der Waals surface area (Å²) in [7, 11) is 5.43. The SMILES string of the molecule is COc1cccc2cc(C(=O)Nc3ccc(Nc4nc(C)cc(N(C)C)n4)cc3)oc12. The molecule has 2 aromatic carbocycles. The second-order valence-electron chi connectivity index (χ2n) is 7.23. The fourth-order valence-electron chi connectivity index (χ4n) is 3.10. The van der Waals surface area contributed by atoms with Crippen LogP contribution in [0.15, 0.2) is 59.0 Å². The van der Waals surface area contributed by atoms with Crippen LogP contribution in [0.2, 0.25) is 0 Å². The van der Waals surface area contributed by atoms with Crippen LogP contribution in [0.5, 0.6) is 5.75 Å². The molecule has 0 atom stereocenters. The molecule has 0 aliphatic rings. The number of furan rings is 1. The highest BCUT2D eigenvalue weighted by atomic mass is 16.5. The predicted octanol–water partition coefficient (Wildman–Crippen LogP) is 4.60. The minimum absolute atomic E-state index is 0.214. The number of aromatic nitrogens is 2. The largest absolute Gasteiger partial charge is 0.493 e. The van der Waals surface area contributed by atoms with Crippen molar-refractivity contribution < 1.29 is 13.9 Å². The molecule has 2 N–H and O–H groups in total. The zero-order valence-corrected chi connectivity index (χ0v) is 17.8. The lowest BCUT2D eigenvalue weighted by Gasteiger charge is -2.14. The van der Waals surface area contributed by atoms with E-state index in [-0.39, 0.29) is 11.7 Å². The summed E-state index contributed by atoms with van der Waals surface area (Å²) >= 11 is 0. The zero-order valence-electron chi connectivity index (χ0n) is 17.8. The lowest BCUT2D eigenvalue weighted by Crippen LogP contribution is -2.12. The third kappa shape index (κ3) is 4.42. The fourth-order valence-corrected chi connectivity index (χ4v) is 3.10. The lowest BCUT2D eigenvalue weighted by molar-refractivity contribution is 0.0998. The van der Waals surface area contributed by atoms with Gasteiger partial charge in [-0.2, -0.15) is 4.98 Å². The molecule has 158 valence electrons. The van der Waals surface area contributed by atoms with Crippen molar-refractivity contribution in [3.63, 3.8) is 0 Å². The van der Waals surface area contributed by atoms with Gasteiger partial charge in [0.15, 0.2) is 17.1 Å². The highest BCUT2D eigenvalue weighted by molar-refractivity contribution is 6.05. The summed E-state index contributed by atoms with van der Waals surface area (Å²) in [6, 6.07) is 16.4. The molecule has 0 aliphatic carbocycles. The van der Waals surface area contributed by atoms with E-state index in [0.717, 1.165) is 22.6 Å². The smallest absolute Gasteiger partial charge is 0.291 e. The van der Waals surface area contributed by atoms with E-state index in [1.807, 2.05) is 56.3 Å². The second-order valence-corrected chi connectivity index (χ2v) is 7.23. The summed E-state index contributed by atoms with van der Waals surface area (Å²) in [5, 5.41) is 6.84. The number of para-hydroxylation sites is 1. The molecule has 4 rings (SSSR count). The van der Waals surface area contributed by atoms with E-state index < -0.39 is 0 Å². The Kier molecular flexibility index (Phi) is 5.44. The van der Waals surface area contributed by atoms with Crippen molar-refractivity contribution in [3.05, 3.63) is 66.1 Å². The van der Waals surface area contributed by atoms with Gasteiger partial charge >= 0.3 is 0 Å². The maximum absolute atomic E-state index is 12.6. The van der Waals surface area contributed by atoms with Crippen molar-refractivity contribution >= 4 is 40.0 Å². The first-order valence-electron chi connectivity index (χ1n) is 9.71. The third-order valence-corrected chi connectivity index (χ3v) is 4.65. The quantitative estimate of drug-likeness (QED) is 0.473. The number of carbonyl (C=O) groups excluding carboxylic acids is 1. The number of ether oxygens (including phenoxy) is 1. The third-order valence-electron chi connectivity index (χ3n) is 4.65. The second kappa shape index (κ2) is 8.35. The Morgan fingerprint density at radius 1 is 1.03 bits per heavy atom. The molecule has 0 aliphatic heterocycles. The molecular weight excluding hydrogens is 394 g/mol. The van der Waals surface area contributed by atoms with Gasteiger partial charge in [0.1, 0.15) is 5.82 Å². The summed E-state index contributed by atoms with van der Waals surface area (Å²) in [6.45, 7) is 1.92. The number of nitrogens with zero attached hydrogens (tertiary/aromatic N) is 3. The van der Waals surface area contributed by atoms with Gasteiger partial charge in [-0.25, -0.2) is 4.98 Å². The molecule has 1 amide bonds. The molecule has 4 aromatic rings. The van der Waals surface area contributed by atoms with E-state index in [4.69, 9.17) is 9.15 Å². The lowest BCUT2D eigenvalue weighted by atomic mass is 10.2. The number of amides is 1. The molecule has 8 heteroatoms. The number of methoxy groups -OCH3 is 1. The van der Waals surface area contributed by atoms with Crippen LogP contribution in [0.25, 0.3) is 11.0 Å². The van der Waals surface area contributed by atoms with Crippen LogP contribution in [-0.4, -0.2) is 37.1 Å². The number of nitrogens with one attached hydrogen (secondary N) is 2. The Labute approximate surface area is 179 Å². The van der Waals surface area contributed by atoms with Crippen molar-refractivity contribution in [2.24, 2.45) is 0 Å². The summed E-state index contributed by atoms with van der Waals surface area (Å²) in [5.41, 5.74) is 2.86. The molecule has 0 saturated heterocycles. The minimum atomic E-state index is -0.336.